The topological polar surface area (TPSA) is 71.6 Å². The molecule has 0 spiro atoms. The van der Waals surface area contributed by atoms with Gasteiger partial charge in [-0.2, -0.15) is 0 Å². The van der Waals surface area contributed by atoms with Gasteiger partial charge in [0, 0.05) is 30.2 Å². The Labute approximate surface area is 161 Å². The zero-order valence-electron chi connectivity index (χ0n) is 15.1. The molecule has 2 aliphatic heterocycles. The van der Waals surface area contributed by atoms with Crippen LogP contribution in [0.4, 0.5) is 0 Å². The smallest absolute Gasteiger partial charge is 0.255 e. The number of carbonyl (C=O) groups is 1. The van der Waals surface area contributed by atoms with Crippen molar-refractivity contribution in [1.29, 1.82) is 0 Å². The quantitative estimate of drug-likeness (QED) is 0.700. The second-order valence-corrected chi connectivity index (χ2v) is 6.96. The molecule has 2 aromatic carbocycles. The van der Waals surface area contributed by atoms with Crippen LogP contribution in [-0.2, 0) is 17.8 Å². The molecule has 6 nitrogen and oxygen atoms in total. The van der Waals surface area contributed by atoms with Crippen molar-refractivity contribution in [3.05, 3.63) is 75.6 Å². The maximum Gasteiger partial charge on any atom is 0.255 e. The van der Waals surface area contributed by atoms with Gasteiger partial charge in [-0.05, 0) is 53.3 Å². The summed E-state index contributed by atoms with van der Waals surface area (Å²) in [5, 5.41) is 0.928. The molecular formula is C22H18N2O4. The number of H-pyrrole nitrogens is 1. The number of hydrogen-bond acceptors (Lipinski definition) is 4. The minimum Gasteiger partial charge on any atom is -0.454 e. The molecule has 5 rings (SSSR count). The lowest BCUT2D eigenvalue weighted by Gasteiger charge is -2.28. The maximum atomic E-state index is 12.7. The van der Waals surface area contributed by atoms with Gasteiger partial charge in [-0.25, -0.2) is 0 Å². The van der Waals surface area contributed by atoms with Crippen molar-refractivity contribution in [2.75, 3.05) is 13.3 Å². The fourth-order valence-corrected chi connectivity index (χ4v) is 3.69. The summed E-state index contributed by atoms with van der Waals surface area (Å²) in [6.45, 7) is 1.39. The van der Waals surface area contributed by atoms with Crippen LogP contribution in [0.15, 0.2) is 53.3 Å². The first kappa shape index (κ1) is 16.6. The number of aromatic amines is 1. The van der Waals surface area contributed by atoms with E-state index in [0.29, 0.717) is 18.7 Å². The van der Waals surface area contributed by atoms with Crippen molar-refractivity contribution >= 4 is 22.9 Å². The third kappa shape index (κ3) is 2.93. The molecule has 3 heterocycles. The average molecular weight is 374 g/mol. The Morgan fingerprint density at radius 3 is 2.71 bits per heavy atom. The highest BCUT2D eigenvalue weighted by molar-refractivity contribution is 5.92. The van der Waals surface area contributed by atoms with Crippen LogP contribution in [0.25, 0.3) is 17.0 Å². The Morgan fingerprint density at radius 1 is 1.07 bits per heavy atom. The molecule has 0 saturated carbocycles. The van der Waals surface area contributed by atoms with Crippen LogP contribution in [0, 0.1) is 0 Å². The lowest BCUT2D eigenvalue weighted by molar-refractivity contribution is -0.126. The number of rotatable bonds is 2. The molecule has 0 bridgehead atoms. The van der Waals surface area contributed by atoms with E-state index >= 15 is 0 Å². The predicted molar refractivity (Wildman–Crippen MR) is 105 cm³/mol. The summed E-state index contributed by atoms with van der Waals surface area (Å²) in [7, 11) is 0. The van der Waals surface area contributed by atoms with Crippen LogP contribution in [0.5, 0.6) is 11.5 Å². The Bertz CT molecular complexity index is 1180. The van der Waals surface area contributed by atoms with Crippen LogP contribution in [-0.4, -0.2) is 29.1 Å². The molecule has 1 N–H and O–H groups in total. The number of aromatic nitrogens is 1. The molecule has 1 amide bonds. The third-order valence-electron chi connectivity index (χ3n) is 5.21. The van der Waals surface area contributed by atoms with Gasteiger partial charge < -0.3 is 19.4 Å². The van der Waals surface area contributed by atoms with E-state index in [1.807, 2.05) is 36.4 Å². The molecule has 0 atom stereocenters. The highest BCUT2D eigenvalue weighted by Crippen LogP contribution is 2.36. The van der Waals surface area contributed by atoms with Gasteiger partial charge in [0.15, 0.2) is 11.5 Å². The van der Waals surface area contributed by atoms with E-state index in [4.69, 9.17) is 9.47 Å². The molecule has 2 aliphatic rings. The van der Waals surface area contributed by atoms with E-state index in [1.54, 1.807) is 17.0 Å². The first-order valence-corrected chi connectivity index (χ1v) is 9.18. The molecule has 6 heteroatoms. The SMILES string of the molecule is O=C(/C=C/c1cc2ccccc2[nH]c1=O)N1CCc2cc3c(cc2C1)OCO3. The lowest BCUT2D eigenvalue weighted by Crippen LogP contribution is -2.34. The minimum absolute atomic E-state index is 0.115. The van der Waals surface area contributed by atoms with Crippen molar-refractivity contribution in [1.82, 2.24) is 9.88 Å². The van der Waals surface area contributed by atoms with Crippen LogP contribution in [0.1, 0.15) is 16.7 Å². The van der Waals surface area contributed by atoms with Crippen LogP contribution >= 0.6 is 0 Å². The van der Waals surface area contributed by atoms with Gasteiger partial charge >= 0.3 is 0 Å². The second kappa shape index (κ2) is 6.56. The molecular weight excluding hydrogens is 356 g/mol. The first-order valence-electron chi connectivity index (χ1n) is 9.18. The van der Waals surface area contributed by atoms with Gasteiger partial charge in [-0.15, -0.1) is 0 Å². The Morgan fingerprint density at radius 2 is 1.86 bits per heavy atom. The number of benzene rings is 2. The third-order valence-corrected chi connectivity index (χ3v) is 5.21. The van der Waals surface area contributed by atoms with Gasteiger partial charge in [-0.1, -0.05) is 18.2 Å². The molecule has 140 valence electrons. The van der Waals surface area contributed by atoms with Gasteiger partial charge in [0.2, 0.25) is 12.7 Å². The summed E-state index contributed by atoms with van der Waals surface area (Å²) in [5.74, 6) is 1.39. The molecule has 0 fully saturated rings. The van der Waals surface area contributed by atoms with E-state index in [2.05, 4.69) is 4.98 Å². The summed E-state index contributed by atoms with van der Waals surface area (Å²) < 4.78 is 10.9. The Kier molecular flexibility index (Phi) is 3.90. The maximum absolute atomic E-state index is 12.7. The van der Waals surface area contributed by atoms with Crippen molar-refractivity contribution in [3.8, 4) is 11.5 Å². The monoisotopic (exact) mass is 374 g/mol. The number of nitrogens with one attached hydrogen (secondary N) is 1. The Balaban J connectivity index is 1.36. The highest BCUT2D eigenvalue weighted by atomic mass is 16.7. The van der Waals surface area contributed by atoms with Crippen molar-refractivity contribution < 1.29 is 14.3 Å². The summed E-state index contributed by atoms with van der Waals surface area (Å²) >= 11 is 0. The van der Waals surface area contributed by atoms with E-state index in [1.165, 1.54) is 11.6 Å². The number of ether oxygens (including phenoxy) is 2. The number of hydrogen-bond donors (Lipinski definition) is 1. The minimum atomic E-state index is -0.209. The van der Waals surface area contributed by atoms with Gasteiger partial charge in [0.1, 0.15) is 0 Å². The molecule has 1 aromatic heterocycles. The van der Waals surface area contributed by atoms with E-state index in [9.17, 15) is 9.59 Å². The van der Waals surface area contributed by atoms with Gasteiger partial charge in [0.25, 0.3) is 5.56 Å². The fraction of sp³-hybridized carbons (Fsp3) is 0.182. The van der Waals surface area contributed by atoms with Crippen LogP contribution < -0.4 is 15.0 Å². The van der Waals surface area contributed by atoms with Crippen LogP contribution in [0.3, 0.4) is 0 Å². The number of pyridine rings is 1. The predicted octanol–water partition coefficient (Wildman–Crippen LogP) is 2.85. The summed E-state index contributed by atoms with van der Waals surface area (Å²) in [5.41, 5.74) is 3.29. The fourth-order valence-electron chi connectivity index (χ4n) is 3.69. The van der Waals surface area contributed by atoms with Gasteiger partial charge in [-0.3, -0.25) is 9.59 Å². The zero-order chi connectivity index (χ0) is 19.1. The Hall–Kier alpha value is -3.54. The first-order chi connectivity index (χ1) is 13.7. The van der Waals surface area contributed by atoms with Crippen molar-refractivity contribution in [2.24, 2.45) is 0 Å². The highest BCUT2D eigenvalue weighted by Gasteiger charge is 2.23. The van der Waals surface area contributed by atoms with E-state index in [-0.39, 0.29) is 18.3 Å². The summed E-state index contributed by atoms with van der Waals surface area (Å²) in [6, 6.07) is 13.3. The average Bonchev–Trinajstić information content (AvgIpc) is 3.17. The largest absolute Gasteiger partial charge is 0.454 e. The van der Waals surface area contributed by atoms with E-state index < -0.39 is 0 Å². The van der Waals surface area contributed by atoms with E-state index in [0.717, 1.165) is 34.4 Å². The number of fused-ring (bicyclic) bond motifs is 3. The van der Waals surface area contributed by atoms with Crippen molar-refractivity contribution in [2.45, 2.75) is 13.0 Å². The molecule has 0 radical (unpaired) electrons. The molecule has 0 saturated heterocycles. The molecule has 3 aromatic rings. The number of para-hydroxylation sites is 1. The second-order valence-electron chi connectivity index (χ2n) is 6.96. The standard InChI is InChI=1S/C22H18N2O4/c25-21(6-5-16-9-15-3-1-2-4-18(15)23-22(16)26)24-8-7-14-10-19-20(28-13-27-19)11-17(14)12-24/h1-6,9-11H,7-8,12-13H2,(H,23,26)/b6-5+. The summed E-state index contributed by atoms with van der Waals surface area (Å²) in [6.07, 6.45) is 3.82. The van der Waals surface area contributed by atoms with Crippen LogP contribution in [0.2, 0.25) is 0 Å². The summed E-state index contributed by atoms with van der Waals surface area (Å²) in [4.78, 5) is 29.5. The molecule has 0 aliphatic carbocycles. The molecule has 0 unspecified atom stereocenters. The number of nitrogens with zero attached hydrogens (tertiary/aromatic N) is 1. The van der Waals surface area contributed by atoms with Gasteiger partial charge in [0.05, 0.1) is 0 Å². The number of amides is 1. The lowest BCUT2D eigenvalue weighted by atomic mass is 9.99. The number of carbonyl (C=O) groups excluding carboxylic acids is 1. The normalized spacial score (nSPS) is 15.2. The van der Waals surface area contributed by atoms with Crippen molar-refractivity contribution in [3.63, 3.8) is 0 Å². The zero-order valence-corrected chi connectivity index (χ0v) is 15.1. The molecule has 28 heavy (non-hydrogen) atoms.